The summed E-state index contributed by atoms with van der Waals surface area (Å²) < 4.78 is 0. The topological polar surface area (TPSA) is 0 Å². The zero-order valence-corrected chi connectivity index (χ0v) is 12.0. The lowest BCUT2D eigenvalue weighted by molar-refractivity contribution is 0.502. The fourth-order valence-electron chi connectivity index (χ4n) is 3.46. The summed E-state index contributed by atoms with van der Waals surface area (Å²) in [5.74, 6) is 0.965. The van der Waals surface area contributed by atoms with Crippen molar-refractivity contribution in [3.63, 3.8) is 0 Å². The van der Waals surface area contributed by atoms with Gasteiger partial charge in [-0.15, -0.1) is 0 Å². The Hall–Kier alpha value is -0.300. The molecule has 1 heteroatoms. The maximum absolute atomic E-state index is 3.90. The zero-order valence-electron chi connectivity index (χ0n) is 10.4. The van der Waals surface area contributed by atoms with Crippen LogP contribution in [0.5, 0.6) is 0 Å². The van der Waals surface area contributed by atoms with E-state index in [2.05, 4.69) is 34.1 Å². The molecular weight excluding hydrogens is 272 g/mol. The van der Waals surface area contributed by atoms with E-state index in [-0.39, 0.29) is 0 Å². The molecule has 1 saturated carbocycles. The van der Waals surface area contributed by atoms with Gasteiger partial charge in [0.15, 0.2) is 0 Å². The Labute approximate surface area is 113 Å². The molecule has 1 unspecified atom stereocenters. The van der Waals surface area contributed by atoms with Crippen molar-refractivity contribution in [1.82, 2.24) is 0 Å². The van der Waals surface area contributed by atoms with Crippen LogP contribution in [0.1, 0.15) is 60.0 Å². The van der Waals surface area contributed by atoms with Gasteiger partial charge in [-0.3, -0.25) is 0 Å². The minimum Gasteiger partial charge on any atom is -0.0839 e. The van der Waals surface area contributed by atoms with E-state index < -0.39 is 0 Å². The summed E-state index contributed by atoms with van der Waals surface area (Å²) in [5.41, 5.74) is 4.71. The van der Waals surface area contributed by atoms with Gasteiger partial charge in [0.2, 0.25) is 0 Å². The Morgan fingerprint density at radius 3 is 2.65 bits per heavy atom. The molecule has 0 radical (unpaired) electrons. The number of hydrogen-bond acceptors (Lipinski definition) is 0. The average molecular weight is 293 g/mol. The molecule has 1 aromatic carbocycles. The fourth-order valence-corrected chi connectivity index (χ4v) is 4.27. The van der Waals surface area contributed by atoms with Crippen LogP contribution in [-0.2, 0) is 12.8 Å². The number of benzene rings is 1. The van der Waals surface area contributed by atoms with Crippen LogP contribution in [0, 0.1) is 5.92 Å². The summed E-state index contributed by atoms with van der Waals surface area (Å²) in [7, 11) is 0. The van der Waals surface area contributed by atoms with Crippen LogP contribution in [0.4, 0.5) is 0 Å². The molecule has 0 amide bonds. The molecule has 1 fully saturated rings. The number of alkyl halides is 1. The molecule has 0 heterocycles. The maximum Gasteiger partial charge on any atom is 0.0398 e. The number of fused-ring (bicyclic) bond motifs is 1. The molecule has 0 aliphatic heterocycles. The lowest BCUT2D eigenvalue weighted by Gasteiger charge is -2.16. The molecule has 2 aliphatic rings. The number of aryl methyl sites for hydroxylation is 2. The highest BCUT2D eigenvalue weighted by molar-refractivity contribution is 9.09. The molecule has 1 atom stereocenters. The molecule has 2 aliphatic carbocycles. The van der Waals surface area contributed by atoms with Crippen molar-refractivity contribution in [3.05, 3.63) is 34.9 Å². The SMILES string of the molecule is BrC(CC1CCCC1)c1ccc2c(c1)CCC2. The molecule has 17 heavy (non-hydrogen) atoms. The fraction of sp³-hybridized carbons (Fsp3) is 0.625. The molecular formula is C16H21Br. The van der Waals surface area contributed by atoms with Gasteiger partial charge in [0, 0.05) is 4.83 Å². The Morgan fingerprint density at radius 1 is 1.06 bits per heavy atom. The number of hydrogen-bond donors (Lipinski definition) is 0. The molecule has 0 spiro atoms. The summed E-state index contributed by atoms with van der Waals surface area (Å²) in [6.45, 7) is 0. The summed E-state index contributed by atoms with van der Waals surface area (Å²) in [4.78, 5) is 0.580. The van der Waals surface area contributed by atoms with E-state index in [1.54, 1.807) is 11.1 Å². The van der Waals surface area contributed by atoms with Crippen LogP contribution in [0.25, 0.3) is 0 Å². The third-order valence-corrected chi connectivity index (χ3v) is 5.40. The van der Waals surface area contributed by atoms with Crippen molar-refractivity contribution in [3.8, 4) is 0 Å². The van der Waals surface area contributed by atoms with Crippen LogP contribution in [-0.4, -0.2) is 0 Å². The van der Waals surface area contributed by atoms with Gasteiger partial charge in [-0.05, 0) is 48.3 Å². The third kappa shape index (κ3) is 2.59. The smallest absolute Gasteiger partial charge is 0.0398 e. The summed E-state index contributed by atoms with van der Waals surface area (Å²) in [5, 5.41) is 0. The van der Waals surface area contributed by atoms with Gasteiger partial charge in [0.25, 0.3) is 0 Å². The van der Waals surface area contributed by atoms with E-state index in [1.807, 2.05) is 0 Å². The van der Waals surface area contributed by atoms with Crippen molar-refractivity contribution in [2.45, 2.75) is 56.2 Å². The maximum atomic E-state index is 3.90. The summed E-state index contributed by atoms with van der Waals surface area (Å²) >= 11 is 3.90. The van der Waals surface area contributed by atoms with Crippen LogP contribution in [0.2, 0.25) is 0 Å². The second-order valence-corrected chi connectivity index (χ2v) is 6.84. The van der Waals surface area contributed by atoms with Gasteiger partial charge in [0.05, 0.1) is 0 Å². The first-order valence-electron chi connectivity index (χ1n) is 7.09. The van der Waals surface area contributed by atoms with Crippen LogP contribution in [0.15, 0.2) is 18.2 Å². The quantitative estimate of drug-likeness (QED) is 0.673. The van der Waals surface area contributed by atoms with Gasteiger partial charge >= 0.3 is 0 Å². The predicted molar refractivity (Wildman–Crippen MR) is 76.7 cm³/mol. The Balaban J connectivity index is 1.70. The van der Waals surface area contributed by atoms with Crippen LogP contribution >= 0.6 is 15.9 Å². The lowest BCUT2D eigenvalue weighted by Crippen LogP contribution is -2.00. The van der Waals surface area contributed by atoms with E-state index in [0.29, 0.717) is 4.83 Å². The predicted octanol–water partition coefficient (Wildman–Crippen LogP) is 5.19. The van der Waals surface area contributed by atoms with Crippen molar-refractivity contribution < 1.29 is 0 Å². The van der Waals surface area contributed by atoms with Crippen molar-refractivity contribution in [1.29, 1.82) is 0 Å². The molecule has 0 aromatic heterocycles. The van der Waals surface area contributed by atoms with E-state index in [4.69, 9.17) is 0 Å². The molecule has 0 N–H and O–H groups in total. The van der Waals surface area contributed by atoms with E-state index in [1.165, 1.54) is 56.9 Å². The van der Waals surface area contributed by atoms with Crippen LogP contribution in [0.3, 0.4) is 0 Å². The highest BCUT2D eigenvalue weighted by Gasteiger charge is 2.20. The van der Waals surface area contributed by atoms with Gasteiger partial charge in [0.1, 0.15) is 0 Å². The Bertz CT molecular complexity index is 391. The number of rotatable bonds is 3. The molecule has 0 bridgehead atoms. The largest absolute Gasteiger partial charge is 0.0839 e. The van der Waals surface area contributed by atoms with E-state index in [9.17, 15) is 0 Å². The summed E-state index contributed by atoms with van der Waals surface area (Å²) in [6.07, 6.45) is 11.1. The van der Waals surface area contributed by atoms with E-state index >= 15 is 0 Å². The van der Waals surface area contributed by atoms with Crippen molar-refractivity contribution in [2.24, 2.45) is 5.92 Å². The molecule has 3 rings (SSSR count). The first-order chi connectivity index (χ1) is 8.33. The van der Waals surface area contributed by atoms with Crippen molar-refractivity contribution in [2.75, 3.05) is 0 Å². The van der Waals surface area contributed by atoms with Gasteiger partial charge in [-0.1, -0.05) is 59.8 Å². The first-order valence-corrected chi connectivity index (χ1v) is 8.00. The molecule has 92 valence electrons. The van der Waals surface area contributed by atoms with Crippen LogP contribution < -0.4 is 0 Å². The summed E-state index contributed by atoms with van der Waals surface area (Å²) in [6, 6.07) is 7.16. The minimum atomic E-state index is 0.580. The van der Waals surface area contributed by atoms with Crippen molar-refractivity contribution >= 4 is 15.9 Å². The molecule has 1 aromatic rings. The van der Waals surface area contributed by atoms with Gasteiger partial charge < -0.3 is 0 Å². The van der Waals surface area contributed by atoms with E-state index in [0.717, 1.165) is 5.92 Å². The standard InChI is InChI=1S/C16H21Br/c17-16(10-12-4-1-2-5-12)15-9-8-13-6-3-7-14(13)11-15/h8-9,11-12,16H,1-7,10H2. The van der Waals surface area contributed by atoms with Gasteiger partial charge in [-0.25, -0.2) is 0 Å². The molecule has 0 saturated heterocycles. The Kier molecular flexibility index (Phi) is 3.56. The highest BCUT2D eigenvalue weighted by atomic mass is 79.9. The normalized spacial score (nSPS) is 21.7. The number of halogens is 1. The second kappa shape index (κ2) is 5.14. The Morgan fingerprint density at radius 2 is 1.82 bits per heavy atom. The second-order valence-electron chi connectivity index (χ2n) is 5.74. The monoisotopic (exact) mass is 292 g/mol. The first kappa shape index (κ1) is 11.8. The third-order valence-electron chi connectivity index (χ3n) is 4.50. The zero-order chi connectivity index (χ0) is 11.7. The van der Waals surface area contributed by atoms with Gasteiger partial charge in [-0.2, -0.15) is 0 Å². The molecule has 0 nitrogen and oxygen atoms in total. The minimum absolute atomic E-state index is 0.580. The average Bonchev–Trinajstić information content (AvgIpc) is 2.97. The highest BCUT2D eigenvalue weighted by Crippen LogP contribution is 2.38. The lowest BCUT2D eigenvalue weighted by atomic mass is 9.96.